The predicted octanol–water partition coefficient (Wildman–Crippen LogP) is 2.14. The van der Waals surface area contributed by atoms with Crippen LogP contribution >= 0.6 is 0 Å². The lowest BCUT2D eigenvalue weighted by atomic mass is 9.95. The average Bonchev–Trinajstić information content (AvgIpc) is 2.56. The number of ether oxygens (including phenoxy) is 2. The molecule has 1 heterocycles. The lowest BCUT2D eigenvalue weighted by Gasteiger charge is -2.19. The first-order chi connectivity index (χ1) is 8.65. The maximum absolute atomic E-state index is 13.7. The van der Waals surface area contributed by atoms with Crippen LogP contribution in [0.2, 0.25) is 0 Å². The molecule has 1 aromatic carbocycles. The van der Waals surface area contributed by atoms with Crippen LogP contribution in [0.4, 0.5) is 4.39 Å². The van der Waals surface area contributed by atoms with E-state index in [1.54, 1.807) is 0 Å². The highest BCUT2D eigenvalue weighted by molar-refractivity contribution is 5.56. The van der Waals surface area contributed by atoms with Gasteiger partial charge in [0.05, 0.1) is 13.2 Å². The third-order valence-electron chi connectivity index (χ3n) is 3.09. The molecule has 2 rings (SSSR count). The molecule has 0 amide bonds. The first-order valence-corrected chi connectivity index (χ1v) is 6.16. The number of halogens is 1. The molecular weight excluding hydrogens is 237 g/mol. The van der Waals surface area contributed by atoms with Crippen molar-refractivity contribution < 1.29 is 19.0 Å². The van der Waals surface area contributed by atoms with Crippen molar-refractivity contribution in [3.05, 3.63) is 17.4 Å². The van der Waals surface area contributed by atoms with Crippen molar-refractivity contribution in [3.8, 4) is 17.2 Å². The molecule has 0 bridgehead atoms. The fourth-order valence-corrected chi connectivity index (χ4v) is 2.14. The summed E-state index contributed by atoms with van der Waals surface area (Å²) in [6, 6.07) is 1.18. The van der Waals surface area contributed by atoms with Crippen molar-refractivity contribution in [1.82, 2.24) is 0 Å². The van der Waals surface area contributed by atoms with Gasteiger partial charge in [-0.05, 0) is 18.9 Å². The molecule has 0 aliphatic carbocycles. The van der Waals surface area contributed by atoms with Gasteiger partial charge >= 0.3 is 0 Å². The molecule has 1 atom stereocenters. The summed E-state index contributed by atoms with van der Waals surface area (Å²) in [4.78, 5) is 0. The topological polar surface area (TPSA) is 64.7 Å². The third kappa shape index (κ3) is 2.36. The summed E-state index contributed by atoms with van der Waals surface area (Å²) in [6.45, 7) is 3.34. The minimum absolute atomic E-state index is 0.0823. The Morgan fingerprint density at radius 2 is 2.17 bits per heavy atom. The molecule has 1 aliphatic heterocycles. The second-order valence-electron chi connectivity index (χ2n) is 4.48. The molecule has 0 radical (unpaired) electrons. The van der Waals surface area contributed by atoms with Gasteiger partial charge in [0.25, 0.3) is 0 Å². The molecule has 0 spiro atoms. The first kappa shape index (κ1) is 13.0. The maximum atomic E-state index is 13.7. The van der Waals surface area contributed by atoms with E-state index in [0.717, 1.165) is 6.42 Å². The van der Waals surface area contributed by atoms with Crippen LogP contribution in [0.5, 0.6) is 17.2 Å². The van der Waals surface area contributed by atoms with Crippen molar-refractivity contribution in [2.45, 2.75) is 25.7 Å². The highest BCUT2D eigenvalue weighted by Gasteiger charge is 2.25. The molecular formula is C13H18FNO3. The van der Waals surface area contributed by atoms with E-state index < -0.39 is 5.82 Å². The summed E-state index contributed by atoms with van der Waals surface area (Å²) in [5, 5.41) is 9.89. The second kappa shape index (κ2) is 5.44. The van der Waals surface area contributed by atoms with Gasteiger partial charge in [-0.3, -0.25) is 0 Å². The molecule has 1 unspecified atom stereocenters. The number of aromatic hydroxyl groups is 1. The smallest absolute Gasteiger partial charge is 0.169 e. The van der Waals surface area contributed by atoms with Crippen molar-refractivity contribution in [3.63, 3.8) is 0 Å². The van der Waals surface area contributed by atoms with E-state index in [0.29, 0.717) is 43.2 Å². The number of rotatable bonds is 3. The van der Waals surface area contributed by atoms with Gasteiger partial charge in [0.1, 0.15) is 0 Å². The average molecular weight is 255 g/mol. The minimum atomic E-state index is -0.682. The number of phenolic OH excluding ortho intramolecular Hbond substituents is 1. The van der Waals surface area contributed by atoms with Crippen LogP contribution in [0.3, 0.4) is 0 Å². The number of fused-ring (bicyclic) bond motifs is 1. The Balaban J connectivity index is 2.50. The van der Waals surface area contributed by atoms with Gasteiger partial charge in [-0.2, -0.15) is 0 Å². The molecule has 0 fully saturated rings. The summed E-state index contributed by atoms with van der Waals surface area (Å²) in [7, 11) is 0. The summed E-state index contributed by atoms with van der Waals surface area (Å²) in [5.74, 6) is -0.312. The second-order valence-corrected chi connectivity index (χ2v) is 4.48. The molecule has 0 saturated heterocycles. The van der Waals surface area contributed by atoms with E-state index in [1.807, 2.05) is 6.92 Å². The monoisotopic (exact) mass is 255 g/mol. The maximum Gasteiger partial charge on any atom is 0.169 e. The van der Waals surface area contributed by atoms with Crippen LogP contribution in [0.15, 0.2) is 6.07 Å². The summed E-state index contributed by atoms with van der Waals surface area (Å²) >= 11 is 0. The van der Waals surface area contributed by atoms with Gasteiger partial charge in [-0.15, -0.1) is 0 Å². The zero-order chi connectivity index (χ0) is 13.1. The van der Waals surface area contributed by atoms with Crippen molar-refractivity contribution >= 4 is 0 Å². The Hall–Kier alpha value is -1.49. The van der Waals surface area contributed by atoms with Gasteiger partial charge in [0.15, 0.2) is 23.1 Å². The van der Waals surface area contributed by atoms with E-state index >= 15 is 0 Å². The van der Waals surface area contributed by atoms with Gasteiger partial charge in [-0.25, -0.2) is 4.39 Å². The van der Waals surface area contributed by atoms with Gasteiger partial charge in [-0.1, -0.05) is 6.92 Å². The predicted molar refractivity (Wildman–Crippen MR) is 65.8 cm³/mol. The first-order valence-electron chi connectivity index (χ1n) is 6.16. The van der Waals surface area contributed by atoms with Crippen molar-refractivity contribution in [1.29, 1.82) is 0 Å². The van der Waals surface area contributed by atoms with E-state index in [4.69, 9.17) is 15.2 Å². The summed E-state index contributed by atoms with van der Waals surface area (Å²) in [6.07, 6.45) is 1.38. The number of benzene rings is 1. The zero-order valence-corrected chi connectivity index (χ0v) is 10.4. The van der Waals surface area contributed by atoms with Crippen LogP contribution in [0.1, 0.15) is 31.2 Å². The van der Waals surface area contributed by atoms with E-state index in [9.17, 15) is 9.50 Å². The largest absolute Gasteiger partial charge is 0.505 e. The fraction of sp³-hybridized carbons (Fsp3) is 0.538. The Labute approximate surface area is 106 Å². The molecule has 100 valence electrons. The summed E-state index contributed by atoms with van der Waals surface area (Å²) < 4.78 is 24.7. The Morgan fingerprint density at radius 1 is 1.44 bits per heavy atom. The molecule has 18 heavy (non-hydrogen) atoms. The van der Waals surface area contributed by atoms with E-state index in [1.165, 1.54) is 6.07 Å². The lowest BCUT2D eigenvalue weighted by molar-refractivity contribution is 0.295. The van der Waals surface area contributed by atoms with Crippen LogP contribution in [0.25, 0.3) is 0 Å². The SMILES string of the molecule is CC(CCN)c1c(O)c(F)cc2c1OCCCO2. The molecule has 5 heteroatoms. The normalized spacial score (nSPS) is 16.2. The van der Waals surface area contributed by atoms with Crippen LogP contribution in [0, 0.1) is 5.82 Å². The highest BCUT2D eigenvalue weighted by atomic mass is 19.1. The van der Waals surface area contributed by atoms with E-state index in [-0.39, 0.29) is 11.7 Å². The molecule has 4 nitrogen and oxygen atoms in total. The standard InChI is InChI=1S/C13H18FNO3/c1-8(3-4-15)11-12(16)9(14)7-10-13(11)18-6-2-5-17-10/h7-8,16H,2-6,15H2,1H3. The quantitative estimate of drug-likeness (QED) is 0.868. The van der Waals surface area contributed by atoms with Crippen molar-refractivity contribution in [2.75, 3.05) is 19.8 Å². The molecule has 1 aliphatic rings. The lowest BCUT2D eigenvalue weighted by Crippen LogP contribution is -2.08. The Bertz CT molecular complexity index is 437. The molecule has 3 N–H and O–H groups in total. The van der Waals surface area contributed by atoms with Crippen LogP contribution < -0.4 is 15.2 Å². The Kier molecular flexibility index (Phi) is 3.91. The van der Waals surface area contributed by atoms with E-state index in [2.05, 4.69) is 0 Å². The third-order valence-corrected chi connectivity index (χ3v) is 3.09. The minimum Gasteiger partial charge on any atom is -0.505 e. The van der Waals surface area contributed by atoms with Gasteiger partial charge < -0.3 is 20.3 Å². The highest BCUT2D eigenvalue weighted by Crippen LogP contribution is 2.45. The number of hydrogen-bond acceptors (Lipinski definition) is 4. The van der Waals surface area contributed by atoms with Crippen LogP contribution in [-0.4, -0.2) is 24.9 Å². The van der Waals surface area contributed by atoms with Crippen LogP contribution in [-0.2, 0) is 0 Å². The molecule has 0 aromatic heterocycles. The van der Waals surface area contributed by atoms with Gasteiger partial charge in [0.2, 0.25) is 0 Å². The summed E-state index contributed by atoms with van der Waals surface area (Å²) in [5.41, 5.74) is 5.97. The van der Waals surface area contributed by atoms with Gasteiger partial charge in [0, 0.05) is 18.1 Å². The fourth-order valence-electron chi connectivity index (χ4n) is 2.14. The molecule has 1 aromatic rings. The number of nitrogens with two attached hydrogens (primary N) is 1. The zero-order valence-electron chi connectivity index (χ0n) is 10.4. The number of phenols is 1. The van der Waals surface area contributed by atoms with Crippen molar-refractivity contribution in [2.24, 2.45) is 5.73 Å². The Morgan fingerprint density at radius 3 is 2.89 bits per heavy atom. The molecule has 0 saturated carbocycles. The number of hydrogen-bond donors (Lipinski definition) is 2.